The van der Waals surface area contributed by atoms with Crippen LogP contribution in [0, 0.1) is 6.92 Å². The van der Waals surface area contributed by atoms with E-state index >= 15 is 0 Å². The molecule has 7 heteroatoms. The molecule has 1 heterocycles. The average Bonchev–Trinajstić information content (AvgIpc) is 2.96. The third kappa shape index (κ3) is 4.08. The van der Waals surface area contributed by atoms with Crippen molar-refractivity contribution in [2.45, 2.75) is 19.4 Å². The van der Waals surface area contributed by atoms with Crippen molar-refractivity contribution < 1.29 is 14.3 Å². The summed E-state index contributed by atoms with van der Waals surface area (Å²) in [4.78, 5) is 26.2. The van der Waals surface area contributed by atoms with Crippen LogP contribution in [0.5, 0.6) is 5.75 Å². The van der Waals surface area contributed by atoms with Crippen LogP contribution in [0.25, 0.3) is 0 Å². The van der Waals surface area contributed by atoms with E-state index in [-0.39, 0.29) is 24.4 Å². The zero-order valence-corrected chi connectivity index (χ0v) is 15.3. The Hall–Kier alpha value is -2.73. The van der Waals surface area contributed by atoms with E-state index < -0.39 is 0 Å². The van der Waals surface area contributed by atoms with Crippen molar-refractivity contribution >= 4 is 34.9 Å². The van der Waals surface area contributed by atoms with Gasteiger partial charge in [-0.25, -0.2) is 4.79 Å². The Kier molecular flexibility index (Phi) is 5.32. The lowest BCUT2D eigenvalue weighted by molar-refractivity contribution is -0.117. The minimum Gasteiger partial charge on any atom is -0.495 e. The van der Waals surface area contributed by atoms with Gasteiger partial charge in [0.15, 0.2) is 0 Å². The van der Waals surface area contributed by atoms with E-state index in [2.05, 4.69) is 10.6 Å². The third-order valence-electron chi connectivity index (χ3n) is 4.20. The van der Waals surface area contributed by atoms with Gasteiger partial charge in [0, 0.05) is 23.7 Å². The SMILES string of the molecule is COc1ccc(C)cc1NC(=O)NC1CC(=O)N(c2ccc(Cl)cc2)C1. The lowest BCUT2D eigenvalue weighted by atomic mass is 10.2. The van der Waals surface area contributed by atoms with Crippen molar-refractivity contribution in [2.24, 2.45) is 0 Å². The van der Waals surface area contributed by atoms with Crippen LogP contribution >= 0.6 is 11.6 Å². The first kappa shape index (κ1) is 18.1. The molecule has 1 saturated heterocycles. The summed E-state index contributed by atoms with van der Waals surface area (Å²) in [6.07, 6.45) is 0.251. The number of methoxy groups -OCH3 is 1. The number of ether oxygens (including phenoxy) is 1. The molecule has 0 aromatic heterocycles. The number of hydrogen-bond acceptors (Lipinski definition) is 3. The highest BCUT2D eigenvalue weighted by Crippen LogP contribution is 2.26. The van der Waals surface area contributed by atoms with Gasteiger partial charge in [-0.1, -0.05) is 17.7 Å². The molecule has 0 radical (unpaired) electrons. The molecule has 3 amide bonds. The van der Waals surface area contributed by atoms with Crippen LogP contribution in [0.15, 0.2) is 42.5 Å². The number of nitrogens with one attached hydrogen (secondary N) is 2. The number of amides is 3. The van der Waals surface area contributed by atoms with E-state index in [1.165, 1.54) is 0 Å². The highest BCUT2D eigenvalue weighted by atomic mass is 35.5. The summed E-state index contributed by atoms with van der Waals surface area (Å²) in [5.41, 5.74) is 2.36. The van der Waals surface area contributed by atoms with E-state index in [9.17, 15) is 9.59 Å². The zero-order valence-electron chi connectivity index (χ0n) is 14.6. The number of rotatable bonds is 4. The molecule has 26 heavy (non-hydrogen) atoms. The molecule has 1 unspecified atom stereocenters. The molecule has 2 aromatic carbocycles. The molecule has 2 aromatic rings. The normalized spacial score (nSPS) is 16.5. The molecule has 1 aliphatic heterocycles. The van der Waals surface area contributed by atoms with Crippen molar-refractivity contribution in [3.8, 4) is 5.75 Å². The van der Waals surface area contributed by atoms with Crippen LogP contribution in [-0.4, -0.2) is 31.6 Å². The third-order valence-corrected chi connectivity index (χ3v) is 4.45. The second-order valence-corrected chi connectivity index (χ2v) is 6.62. The average molecular weight is 374 g/mol. The van der Waals surface area contributed by atoms with Gasteiger partial charge >= 0.3 is 6.03 Å². The van der Waals surface area contributed by atoms with E-state index in [0.29, 0.717) is 23.0 Å². The molecule has 1 fully saturated rings. The molecular formula is C19H20ClN3O3. The fraction of sp³-hybridized carbons (Fsp3) is 0.263. The van der Waals surface area contributed by atoms with Gasteiger partial charge in [-0.05, 0) is 48.9 Å². The number of nitrogens with zero attached hydrogens (tertiary/aromatic N) is 1. The first-order valence-corrected chi connectivity index (χ1v) is 8.62. The molecule has 0 spiro atoms. The first-order valence-electron chi connectivity index (χ1n) is 8.24. The quantitative estimate of drug-likeness (QED) is 0.860. The molecule has 6 nitrogen and oxygen atoms in total. The predicted octanol–water partition coefficient (Wildman–Crippen LogP) is 3.58. The Balaban J connectivity index is 1.63. The highest BCUT2D eigenvalue weighted by molar-refractivity contribution is 6.30. The summed E-state index contributed by atoms with van der Waals surface area (Å²) < 4.78 is 5.26. The van der Waals surface area contributed by atoms with Crippen molar-refractivity contribution in [2.75, 3.05) is 23.9 Å². The standard InChI is InChI=1S/C19H20ClN3O3/c1-12-3-8-17(26-2)16(9-12)22-19(25)21-14-10-18(24)23(11-14)15-6-4-13(20)5-7-15/h3-9,14H,10-11H2,1-2H3,(H2,21,22,25). The van der Waals surface area contributed by atoms with E-state index in [4.69, 9.17) is 16.3 Å². The maximum Gasteiger partial charge on any atom is 0.319 e. The first-order chi connectivity index (χ1) is 12.5. The fourth-order valence-corrected chi connectivity index (χ4v) is 3.06. The molecular weight excluding hydrogens is 354 g/mol. The molecule has 2 N–H and O–H groups in total. The smallest absolute Gasteiger partial charge is 0.319 e. The number of urea groups is 1. The summed E-state index contributed by atoms with van der Waals surface area (Å²) in [5, 5.41) is 6.24. The topological polar surface area (TPSA) is 70.7 Å². The van der Waals surface area contributed by atoms with Crippen molar-refractivity contribution in [1.82, 2.24) is 5.32 Å². The largest absolute Gasteiger partial charge is 0.495 e. The monoisotopic (exact) mass is 373 g/mol. The fourth-order valence-electron chi connectivity index (χ4n) is 2.94. The number of carbonyl (C=O) groups excluding carboxylic acids is 2. The Morgan fingerprint density at radius 3 is 2.65 bits per heavy atom. The summed E-state index contributed by atoms with van der Waals surface area (Å²) in [6, 6.07) is 12.0. The Bertz CT molecular complexity index is 823. The summed E-state index contributed by atoms with van der Waals surface area (Å²) in [6.45, 7) is 2.35. The van der Waals surface area contributed by atoms with Gasteiger partial charge in [0.05, 0.1) is 18.8 Å². The molecule has 3 rings (SSSR count). The van der Waals surface area contributed by atoms with Crippen molar-refractivity contribution in [3.05, 3.63) is 53.1 Å². The lowest BCUT2D eigenvalue weighted by Crippen LogP contribution is -2.39. The molecule has 1 aliphatic rings. The van der Waals surface area contributed by atoms with Crippen molar-refractivity contribution in [3.63, 3.8) is 0 Å². The Labute approximate surface area is 157 Å². The maximum absolute atomic E-state index is 12.3. The van der Waals surface area contributed by atoms with Gasteiger partial charge in [0.2, 0.25) is 5.91 Å². The molecule has 0 aliphatic carbocycles. The molecule has 136 valence electrons. The number of anilines is 2. The molecule has 1 atom stereocenters. The van der Waals surface area contributed by atoms with Gasteiger partial charge in [-0.15, -0.1) is 0 Å². The zero-order chi connectivity index (χ0) is 18.7. The van der Waals surface area contributed by atoms with Crippen LogP contribution < -0.4 is 20.3 Å². The van der Waals surface area contributed by atoms with Crippen LogP contribution in [0.1, 0.15) is 12.0 Å². The summed E-state index contributed by atoms with van der Waals surface area (Å²) >= 11 is 5.89. The minimum absolute atomic E-state index is 0.0363. The Morgan fingerprint density at radius 1 is 1.23 bits per heavy atom. The number of halogens is 1. The van der Waals surface area contributed by atoms with Crippen LogP contribution in [0.3, 0.4) is 0 Å². The summed E-state index contributed by atoms with van der Waals surface area (Å²) in [7, 11) is 1.55. The lowest BCUT2D eigenvalue weighted by Gasteiger charge is -2.18. The highest BCUT2D eigenvalue weighted by Gasteiger charge is 2.31. The van der Waals surface area contributed by atoms with Crippen LogP contribution in [-0.2, 0) is 4.79 Å². The summed E-state index contributed by atoms with van der Waals surface area (Å²) in [5.74, 6) is 0.543. The second-order valence-electron chi connectivity index (χ2n) is 6.18. The Morgan fingerprint density at radius 2 is 1.96 bits per heavy atom. The van der Waals surface area contributed by atoms with E-state index in [1.807, 2.05) is 19.1 Å². The minimum atomic E-state index is -0.371. The number of aryl methyl sites for hydroxylation is 1. The van der Waals surface area contributed by atoms with E-state index in [1.54, 1.807) is 42.3 Å². The second kappa shape index (κ2) is 7.66. The van der Waals surface area contributed by atoms with Gasteiger partial charge in [-0.3, -0.25) is 4.79 Å². The van der Waals surface area contributed by atoms with Crippen LogP contribution in [0.4, 0.5) is 16.2 Å². The van der Waals surface area contributed by atoms with Crippen LogP contribution in [0.2, 0.25) is 5.02 Å². The van der Waals surface area contributed by atoms with Gasteiger partial charge in [-0.2, -0.15) is 0 Å². The van der Waals surface area contributed by atoms with Crippen molar-refractivity contribution in [1.29, 1.82) is 0 Å². The number of hydrogen-bond donors (Lipinski definition) is 2. The number of benzene rings is 2. The van der Waals surface area contributed by atoms with E-state index in [0.717, 1.165) is 11.3 Å². The number of carbonyl (C=O) groups is 2. The molecule has 0 bridgehead atoms. The maximum atomic E-state index is 12.3. The molecule has 0 saturated carbocycles. The predicted molar refractivity (Wildman–Crippen MR) is 102 cm³/mol. The van der Waals surface area contributed by atoms with Gasteiger partial charge in [0.25, 0.3) is 0 Å². The van der Waals surface area contributed by atoms with Gasteiger partial charge in [0.1, 0.15) is 5.75 Å². The van der Waals surface area contributed by atoms with Gasteiger partial charge < -0.3 is 20.3 Å².